The summed E-state index contributed by atoms with van der Waals surface area (Å²) < 4.78 is 6.49. The van der Waals surface area contributed by atoms with E-state index in [0.29, 0.717) is 6.04 Å². The highest BCUT2D eigenvalue weighted by Gasteiger charge is 2.41. The molecule has 1 aromatic rings. The van der Waals surface area contributed by atoms with Gasteiger partial charge in [-0.05, 0) is 63.8 Å². The fourth-order valence-electron chi connectivity index (χ4n) is 3.69. The largest absolute Gasteiger partial charge is 0.487 e. The maximum atomic E-state index is 6.49. The van der Waals surface area contributed by atoms with Crippen LogP contribution in [-0.4, -0.2) is 12.6 Å². The normalized spacial score (nSPS) is 24.9. The van der Waals surface area contributed by atoms with Gasteiger partial charge in [0.2, 0.25) is 0 Å². The molecule has 1 aliphatic carbocycles. The molecule has 0 bridgehead atoms. The van der Waals surface area contributed by atoms with Crippen LogP contribution in [0.3, 0.4) is 0 Å². The Morgan fingerprint density at radius 1 is 1.11 bits per heavy atom. The molecular formula is C17H25NO. The summed E-state index contributed by atoms with van der Waals surface area (Å²) in [4.78, 5) is 0. The van der Waals surface area contributed by atoms with E-state index in [4.69, 9.17) is 4.74 Å². The van der Waals surface area contributed by atoms with E-state index in [1.54, 1.807) is 0 Å². The topological polar surface area (TPSA) is 21.3 Å². The molecule has 104 valence electrons. The number of hydrogen-bond acceptors (Lipinski definition) is 2. The summed E-state index contributed by atoms with van der Waals surface area (Å²) >= 11 is 0. The van der Waals surface area contributed by atoms with Gasteiger partial charge in [0.05, 0.1) is 0 Å². The summed E-state index contributed by atoms with van der Waals surface area (Å²) in [5.41, 5.74) is 4.14. The molecule has 1 N–H and O–H groups in total. The Kier molecular flexibility index (Phi) is 3.30. The van der Waals surface area contributed by atoms with Crippen molar-refractivity contribution in [3.8, 4) is 5.75 Å². The lowest BCUT2D eigenvalue weighted by Crippen LogP contribution is -2.45. The molecule has 2 heteroatoms. The third-order valence-corrected chi connectivity index (χ3v) is 5.02. The first-order chi connectivity index (χ1) is 9.13. The van der Waals surface area contributed by atoms with Crippen LogP contribution in [0.4, 0.5) is 0 Å². The van der Waals surface area contributed by atoms with Crippen molar-refractivity contribution in [3.05, 3.63) is 28.8 Å². The third-order valence-electron chi connectivity index (χ3n) is 5.02. The highest BCUT2D eigenvalue weighted by Crippen LogP contribution is 2.46. The zero-order valence-corrected chi connectivity index (χ0v) is 12.4. The molecule has 1 aromatic carbocycles. The lowest BCUT2D eigenvalue weighted by molar-refractivity contribution is -0.00183. The predicted molar refractivity (Wildman–Crippen MR) is 78.8 cm³/mol. The Morgan fingerprint density at radius 3 is 2.47 bits per heavy atom. The quantitative estimate of drug-likeness (QED) is 0.821. The first-order valence-electron chi connectivity index (χ1n) is 7.61. The molecule has 1 heterocycles. The summed E-state index contributed by atoms with van der Waals surface area (Å²) in [6.45, 7) is 4.36. The second-order valence-corrected chi connectivity index (χ2v) is 6.37. The zero-order valence-electron chi connectivity index (χ0n) is 12.4. The van der Waals surface area contributed by atoms with E-state index in [-0.39, 0.29) is 5.60 Å². The molecule has 3 rings (SSSR count). The van der Waals surface area contributed by atoms with Crippen LogP contribution in [0.25, 0.3) is 0 Å². The van der Waals surface area contributed by atoms with E-state index in [1.807, 2.05) is 0 Å². The Bertz CT molecular complexity index is 474. The molecule has 19 heavy (non-hydrogen) atoms. The summed E-state index contributed by atoms with van der Waals surface area (Å²) in [6, 6.07) is 4.99. The minimum Gasteiger partial charge on any atom is -0.487 e. The van der Waals surface area contributed by atoms with E-state index < -0.39 is 0 Å². The Balaban J connectivity index is 2.00. The number of nitrogens with one attached hydrogen (secondary N) is 1. The Hall–Kier alpha value is -1.02. The maximum Gasteiger partial charge on any atom is 0.125 e. The highest BCUT2D eigenvalue weighted by molar-refractivity contribution is 5.45. The Morgan fingerprint density at radius 2 is 1.79 bits per heavy atom. The third kappa shape index (κ3) is 2.27. The van der Waals surface area contributed by atoms with Crippen molar-refractivity contribution in [1.29, 1.82) is 0 Å². The van der Waals surface area contributed by atoms with Crippen LogP contribution in [0.15, 0.2) is 12.1 Å². The van der Waals surface area contributed by atoms with E-state index in [9.17, 15) is 0 Å². The number of ether oxygens (including phenoxy) is 1. The Labute approximate surface area is 116 Å². The van der Waals surface area contributed by atoms with Gasteiger partial charge in [-0.25, -0.2) is 0 Å². The van der Waals surface area contributed by atoms with Gasteiger partial charge in [-0.15, -0.1) is 0 Å². The van der Waals surface area contributed by atoms with Crippen LogP contribution in [0, 0.1) is 13.8 Å². The van der Waals surface area contributed by atoms with Gasteiger partial charge in [-0.2, -0.15) is 0 Å². The summed E-state index contributed by atoms with van der Waals surface area (Å²) in [5.74, 6) is 1.12. The first kappa shape index (κ1) is 13.0. The van der Waals surface area contributed by atoms with E-state index in [0.717, 1.165) is 12.2 Å². The number of benzene rings is 1. The summed E-state index contributed by atoms with van der Waals surface area (Å²) in [5, 5.41) is 3.50. The minimum atomic E-state index is 0.0978. The van der Waals surface area contributed by atoms with E-state index in [1.165, 1.54) is 48.8 Å². The molecule has 2 nitrogen and oxygen atoms in total. The first-order valence-corrected chi connectivity index (χ1v) is 7.61. The molecule has 2 aliphatic rings. The van der Waals surface area contributed by atoms with E-state index in [2.05, 4.69) is 38.3 Å². The van der Waals surface area contributed by atoms with Gasteiger partial charge >= 0.3 is 0 Å². The molecule has 1 fully saturated rings. The zero-order chi connectivity index (χ0) is 13.5. The lowest BCUT2D eigenvalue weighted by Gasteiger charge is -2.44. The van der Waals surface area contributed by atoms with Gasteiger partial charge in [-0.3, -0.25) is 0 Å². The van der Waals surface area contributed by atoms with Gasteiger partial charge in [0.25, 0.3) is 0 Å². The van der Waals surface area contributed by atoms with Gasteiger partial charge in [-0.1, -0.05) is 12.5 Å². The van der Waals surface area contributed by atoms with Crippen molar-refractivity contribution >= 4 is 0 Å². The molecule has 1 spiro atoms. The molecule has 1 aliphatic heterocycles. The highest BCUT2D eigenvalue weighted by atomic mass is 16.5. The van der Waals surface area contributed by atoms with Crippen LogP contribution in [0.5, 0.6) is 5.75 Å². The second kappa shape index (κ2) is 4.82. The van der Waals surface area contributed by atoms with Gasteiger partial charge in [0.1, 0.15) is 11.4 Å². The number of hydrogen-bond donors (Lipinski definition) is 1. The molecular weight excluding hydrogens is 234 g/mol. The molecule has 1 atom stereocenters. The van der Waals surface area contributed by atoms with Crippen molar-refractivity contribution in [1.82, 2.24) is 5.32 Å². The fourth-order valence-corrected chi connectivity index (χ4v) is 3.69. The van der Waals surface area contributed by atoms with Crippen LogP contribution < -0.4 is 10.1 Å². The molecule has 1 saturated carbocycles. The van der Waals surface area contributed by atoms with Crippen molar-refractivity contribution in [2.24, 2.45) is 0 Å². The summed E-state index contributed by atoms with van der Waals surface area (Å²) in [6.07, 6.45) is 7.57. The van der Waals surface area contributed by atoms with E-state index >= 15 is 0 Å². The van der Waals surface area contributed by atoms with Crippen LogP contribution in [0.1, 0.15) is 61.3 Å². The van der Waals surface area contributed by atoms with Gasteiger partial charge in [0.15, 0.2) is 0 Å². The molecule has 0 amide bonds. The van der Waals surface area contributed by atoms with Crippen molar-refractivity contribution < 1.29 is 4.74 Å². The predicted octanol–water partition coefficient (Wildman–Crippen LogP) is 4.05. The van der Waals surface area contributed by atoms with Gasteiger partial charge < -0.3 is 10.1 Å². The average Bonchev–Trinajstić information content (AvgIpc) is 2.41. The van der Waals surface area contributed by atoms with Gasteiger partial charge in [0, 0.05) is 18.0 Å². The van der Waals surface area contributed by atoms with Crippen LogP contribution in [0.2, 0.25) is 0 Å². The summed E-state index contributed by atoms with van der Waals surface area (Å²) in [7, 11) is 2.07. The van der Waals surface area contributed by atoms with Crippen molar-refractivity contribution in [2.45, 2.75) is 64.0 Å². The number of rotatable bonds is 1. The standard InChI is InChI=1S/C17H25NO/c1-12-9-14-15(18-3)11-17(7-5-4-6-8-17)19-16(14)10-13(12)2/h9-10,15,18H,4-8,11H2,1-3H3. The average molecular weight is 259 g/mol. The number of fused-ring (bicyclic) bond motifs is 1. The molecule has 0 radical (unpaired) electrons. The molecule has 0 saturated heterocycles. The smallest absolute Gasteiger partial charge is 0.125 e. The lowest BCUT2D eigenvalue weighted by atomic mass is 9.76. The van der Waals surface area contributed by atoms with Crippen molar-refractivity contribution in [2.75, 3.05) is 7.05 Å². The SMILES string of the molecule is CNC1CC2(CCCCC2)Oc2cc(C)c(C)cc21. The van der Waals surface area contributed by atoms with Crippen LogP contribution in [-0.2, 0) is 0 Å². The van der Waals surface area contributed by atoms with Crippen LogP contribution >= 0.6 is 0 Å². The molecule has 1 unspecified atom stereocenters. The van der Waals surface area contributed by atoms with Crippen molar-refractivity contribution in [3.63, 3.8) is 0 Å². The minimum absolute atomic E-state index is 0.0978. The fraction of sp³-hybridized carbons (Fsp3) is 0.647. The molecule has 0 aromatic heterocycles. The number of aryl methyl sites for hydroxylation is 2. The second-order valence-electron chi connectivity index (χ2n) is 6.37. The monoisotopic (exact) mass is 259 g/mol. The maximum absolute atomic E-state index is 6.49.